The number of nitrogen functional groups attached to an aromatic ring is 1. The van der Waals surface area contributed by atoms with Crippen LogP contribution in [-0.4, -0.2) is 29.2 Å². The first kappa shape index (κ1) is 13.5. The predicted molar refractivity (Wildman–Crippen MR) is 54.4 cm³/mol. The van der Waals surface area contributed by atoms with E-state index in [4.69, 9.17) is 5.73 Å². The van der Waals surface area contributed by atoms with Crippen LogP contribution in [0.15, 0.2) is 16.9 Å². The van der Waals surface area contributed by atoms with Crippen molar-refractivity contribution in [2.24, 2.45) is 0 Å². The van der Waals surface area contributed by atoms with Crippen LogP contribution in [0, 0.1) is 0 Å². The van der Waals surface area contributed by atoms with Crippen molar-refractivity contribution in [3.05, 3.63) is 22.5 Å². The van der Waals surface area contributed by atoms with E-state index < -0.39 is 12.8 Å². The molecule has 5 nitrogen and oxygen atoms in total. The van der Waals surface area contributed by atoms with E-state index in [1.54, 1.807) is 0 Å². The van der Waals surface area contributed by atoms with E-state index in [1.807, 2.05) is 0 Å². The van der Waals surface area contributed by atoms with E-state index in [-0.39, 0.29) is 30.9 Å². The highest BCUT2D eigenvalue weighted by molar-refractivity contribution is 5.23. The Morgan fingerprint density at radius 3 is 2.76 bits per heavy atom. The lowest BCUT2D eigenvalue weighted by atomic mass is 10.4. The normalized spacial score (nSPS) is 11.7. The van der Waals surface area contributed by atoms with Crippen LogP contribution >= 0.6 is 0 Å². The first-order chi connectivity index (χ1) is 7.88. The number of alkyl halides is 3. The van der Waals surface area contributed by atoms with Crippen LogP contribution in [0.2, 0.25) is 0 Å². The summed E-state index contributed by atoms with van der Waals surface area (Å²) in [5, 5.41) is 3.72. The monoisotopic (exact) mass is 251 g/mol. The van der Waals surface area contributed by atoms with Gasteiger partial charge in [-0.1, -0.05) is 0 Å². The molecule has 0 aromatic carbocycles. The average Bonchev–Trinajstić information content (AvgIpc) is 2.21. The third-order valence-corrected chi connectivity index (χ3v) is 1.81. The summed E-state index contributed by atoms with van der Waals surface area (Å²) < 4.78 is 40.6. The minimum absolute atomic E-state index is 0.0948. The first-order valence-corrected chi connectivity index (χ1v) is 4.86. The zero-order valence-corrected chi connectivity index (χ0v) is 8.91. The van der Waals surface area contributed by atoms with E-state index in [2.05, 4.69) is 9.84 Å². The molecule has 0 bridgehead atoms. The smallest absolute Gasteiger partial charge is 0.382 e. The van der Waals surface area contributed by atoms with Crippen LogP contribution in [-0.2, 0) is 11.3 Å². The maximum Gasteiger partial charge on any atom is 0.411 e. The maximum atomic E-state index is 11.7. The van der Waals surface area contributed by atoms with Crippen LogP contribution in [0.4, 0.5) is 19.0 Å². The summed E-state index contributed by atoms with van der Waals surface area (Å²) in [6, 6.07) is 2.61. The van der Waals surface area contributed by atoms with Crippen LogP contribution in [0.3, 0.4) is 0 Å². The van der Waals surface area contributed by atoms with Gasteiger partial charge in [0.2, 0.25) is 0 Å². The highest BCUT2D eigenvalue weighted by Gasteiger charge is 2.27. The first-order valence-electron chi connectivity index (χ1n) is 4.86. The Bertz CT molecular complexity index is 417. The van der Waals surface area contributed by atoms with Gasteiger partial charge >= 0.3 is 6.18 Å². The Balaban J connectivity index is 2.32. The molecule has 17 heavy (non-hydrogen) atoms. The molecule has 0 spiro atoms. The van der Waals surface area contributed by atoms with Gasteiger partial charge in [-0.2, -0.15) is 18.3 Å². The third-order valence-electron chi connectivity index (χ3n) is 1.81. The number of halogens is 3. The Labute approximate surface area is 95.0 Å². The van der Waals surface area contributed by atoms with Gasteiger partial charge < -0.3 is 10.5 Å². The molecule has 0 aliphatic heterocycles. The molecular formula is C9H12F3N3O2. The Hall–Kier alpha value is -1.57. The third kappa shape index (κ3) is 5.34. The largest absolute Gasteiger partial charge is 0.411 e. The lowest BCUT2D eigenvalue weighted by Crippen LogP contribution is -2.24. The van der Waals surface area contributed by atoms with Crippen LogP contribution in [0.1, 0.15) is 6.42 Å². The average molecular weight is 251 g/mol. The molecule has 0 saturated carbocycles. The van der Waals surface area contributed by atoms with Crippen molar-refractivity contribution in [1.82, 2.24) is 9.78 Å². The number of rotatable bonds is 5. The number of nitrogens with two attached hydrogens (primary N) is 1. The van der Waals surface area contributed by atoms with Crippen molar-refractivity contribution < 1.29 is 17.9 Å². The van der Waals surface area contributed by atoms with E-state index in [9.17, 15) is 18.0 Å². The van der Waals surface area contributed by atoms with E-state index >= 15 is 0 Å². The fraction of sp³-hybridized carbons (Fsp3) is 0.556. The number of anilines is 1. The molecule has 0 aliphatic carbocycles. The molecule has 0 fully saturated rings. The van der Waals surface area contributed by atoms with Crippen molar-refractivity contribution in [2.75, 3.05) is 18.9 Å². The molecule has 0 radical (unpaired) electrons. The highest BCUT2D eigenvalue weighted by Crippen LogP contribution is 2.14. The minimum atomic E-state index is -4.33. The molecule has 8 heteroatoms. The van der Waals surface area contributed by atoms with Gasteiger partial charge in [0, 0.05) is 19.2 Å². The van der Waals surface area contributed by atoms with Crippen molar-refractivity contribution >= 4 is 5.82 Å². The van der Waals surface area contributed by atoms with Crippen molar-refractivity contribution in [3.8, 4) is 0 Å². The lowest BCUT2D eigenvalue weighted by Gasteiger charge is -2.08. The van der Waals surface area contributed by atoms with Gasteiger partial charge in [-0.25, -0.2) is 4.68 Å². The summed E-state index contributed by atoms with van der Waals surface area (Å²) in [6.07, 6.45) is -4.07. The molecule has 0 atom stereocenters. The molecular weight excluding hydrogens is 239 g/mol. The quantitative estimate of drug-likeness (QED) is 0.785. The SMILES string of the molecule is Nc1ccc(=O)n(CCCOCC(F)(F)F)n1. The zero-order chi connectivity index (χ0) is 12.9. The summed E-state index contributed by atoms with van der Waals surface area (Å²) in [4.78, 5) is 11.2. The van der Waals surface area contributed by atoms with Crippen molar-refractivity contribution in [3.63, 3.8) is 0 Å². The Morgan fingerprint density at radius 1 is 1.41 bits per heavy atom. The second kappa shape index (κ2) is 5.67. The summed E-state index contributed by atoms with van der Waals surface area (Å²) in [7, 11) is 0. The Morgan fingerprint density at radius 2 is 2.12 bits per heavy atom. The fourth-order valence-corrected chi connectivity index (χ4v) is 1.13. The van der Waals surface area contributed by atoms with E-state index in [1.165, 1.54) is 12.1 Å². The highest BCUT2D eigenvalue weighted by atomic mass is 19.4. The number of hydrogen-bond donors (Lipinski definition) is 1. The second-order valence-electron chi connectivity index (χ2n) is 3.34. The molecule has 0 unspecified atom stereocenters. The molecule has 0 amide bonds. The number of nitrogens with zero attached hydrogens (tertiary/aromatic N) is 2. The fourth-order valence-electron chi connectivity index (χ4n) is 1.13. The van der Waals surface area contributed by atoms with Gasteiger partial charge in [0.1, 0.15) is 12.4 Å². The summed E-state index contributed by atoms with van der Waals surface area (Å²) in [5.74, 6) is 0.181. The van der Waals surface area contributed by atoms with Gasteiger partial charge in [-0.15, -0.1) is 0 Å². The van der Waals surface area contributed by atoms with Gasteiger partial charge in [-0.3, -0.25) is 4.79 Å². The number of aryl methyl sites for hydroxylation is 1. The number of ether oxygens (including phenoxy) is 1. The molecule has 0 aliphatic rings. The van der Waals surface area contributed by atoms with Crippen LogP contribution < -0.4 is 11.3 Å². The lowest BCUT2D eigenvalue weighted by molar-refractivity contribution is -0.174. The summed E-state index contributed by atoms with van der Waals surface area (Å²) in [6.45, 7) is -1.21. The van der Waals surface area contributed by atoms with Gasteiger partial charge in [0.25, 0.3) is 5.56 Å². The molecule has 96 valence electrons. The number of hydrogen-bond acceptors (Lipinski definition) is 4. The summed E-state index contributed by atoms with van der Waals surface area (Å²) >= 11 is 0. The standard InChI is InChI=1S/C9H12F3N3O2/c10-9(11,12)6-17-5-1-4-15-8(16)3-2-7(13)14-15/h2-3H,1,4-6H2,(H2,13,14). The molecule has 1 rings (SSSR count). The van der Waals surface area contributed by atoms with Crippen LogP contribution in [0.25, 0.3) is 0 Å². The molecule has 2 N–H and O–H groups in total. The molecule has 1 aromatic heterocycles. The van der Waals surface area contributed by atoms with E-state index in [0.29, 0.717) is 0 Å². The number of aromatic nitrogens is 2. The van der Waals surface area contributed by atoms with E-state index in [0.717, 1.165) is 4.68 Å². The minimum Gasteiger partial charge on any atom is -0.382 e. The topological polar surface area (TPSA) is 70.1 Å². The van der Waals surface area contributed by atoms with Crippen molar-refractivity contribution in [1.29, 1.82) is 0 Å². The van der Waals surface area contributed by atoms with Gasteiger partial charge in [-0.05, 0) is 12.5 Å². The Kier molecular flexibility index (Phi) is 4.50. The molecule has 1 aromatic rings. The van der Waals surface area contributed by atoms with Gasteiger partial charge in [0.15, 0.2) is 0 Å². The molecule has 0 saturated heterocycles. The van der Waals surface area contributed by atoms with Crippen LogP contribution in [0.5, 0.6) is 0 Å². The maximum absolute atomic E-state index is 11.7. The second-order valence-corrected chi connectivity index (χ2v) is 3.34. The predicted octanol–water partition coefficient (Wildman–Crippen LogP) is 0.794. The van der Waals surface area contributed by atoms with Crippen molar-refractivity contribution in [2.45, 2.75) is 19.1 Å². The zero-order valence-electron chi connectivity index (χ0n) is 8.91. The summed E-state index contributed by atoms with van der Waals surface area (Å²) in [5.41, 5.74) is 5.01. The molecule has 1 heterocycles. The van der Waals surface area contributed by atoms with Gasteiger partial charge in [0.05, 0.1) is 0 Å².